The number of esters is 1. The number of carbonyl (C=O) groups excluding carboxylic acids is 2. The molecule has 0 aliphatic carbocycles. The summed E-state index contributed by atoms with van der Waals surface area (Å²) in [6.45, 7) is 0.129. The van der Waals surface area contributed by atoms with Crippen LogP contribution >= 0.6 is 0 Å². The van der Waals surface area contributed by atoms with Crippen LogP contribution in [0.15, 0.2) is 72.8 Å². The van der Waals surface area contributed by atoms with Crippen LogP contribution in [0.3, 0.4) is 0 Å². The molecule has 0 radical (unpaired) electrons. The minimum absolute atomic E-state index is 0.129. The lowest BCUT2D eigenvalue weighted by Crippen LogP contribution is -2.51. The van der Waals surface area contributed by atoms with Crippen LogP contribution in [0.25, 0.3) is 0 Å². The van der Waals surface area contributed by atoms with E-state index in [1.54, 1.807) is 20.2 Å². The maximum Gasteiger partial charge on any atom is 0.329 e. The van der Waals surface area contributed by atoms with E-state index in [4.69, 9.17) is 14.2 Å². The van der Waals surface area contributed by atoms with Gasteiger partial charge in [0.2, 0.25) is 5.91 Å². The average Bonchev–Trinajstić information content (AvgIpc) is 2.86. The van der Waals surface area contributed by atoms with Gasteiger partial charge in [-0.3, -0.25) is 4.79 Å². The number of methoxy groups -OCH3 is 1. The Morgan fingerprint density at radius 2 is 1.76 bits per heavy atom. The summed E-state index contributed by atoms with van der Waals surface area (Å²) in [6, 6.07) is 21.1. The smallest absolute Gasteiger partial charge is 0.329 e. The van der Waals surface area contributed by atoms with Gasteiger partial charge in [0.1, 0.15) is 18.4 Å². The van der Waals surface area contributed by atoms with Gasteiger partial charge in [0.25, 0.3) is 0 Å². The maximum absolute atomic E-state index is 13.1. The molecule has 1 unspecified atom stereocenters. The number of carbonyl (C=O) groups is 2. The highest BCUT2D eigenvalue weighted by Crippen LogP contribution is 2.33. The largest absolute Gasteiger partial charge is 0.493 e. The van der Waals surface area contributed by atoms with Crippen molar-refractivity contribution in [2.75, 3.05) is 14.2 Å². The maximum atomic E-state index is 13.1. The minimum Gasteiger partial charge on any atom is -0.493 e. The Kier molecular flexibility index (Phi) is 7.44. The summed E-state index contributed by atoms with van der Waals surface area (Å²) in [5.41, 5.74) is 2.63. The molecule has 0 spiro atoms. The normalized spacial score (nSPS) is 17.8. The van der Waals surface area contributed by atoms with Crippen LogP contribution in [0.2, 0.25) is 0 Å². The highest BCUT2D eigenvalue weighted by molar-refractivity contribution is 5.88. The van der Waals surface area contributed by atoms with Gasteiger partial charge in [0.15, 0.2) is 11.5 Å². The molecular weight excluding hydrogens is 432 g/mol. The van der Waals surface area contributed by atoms with Gasteiger partial charge < -0.3 is 24.8 Å². The zero-order valence-corrected chi connectivity index (χ0v) is 19.2. The van der Waals surface area contributed by atoms with Crippen LogP contribution < -0.4 is 20.1 Å². The van der Waals surface area contributed by atoms with Crippen molar-refractivity contribution in [2.24, 2.45) is 0 Å². The molecule has 34 heavy (non-hydrogen) atoms. The zero-order valence-electron chi connectivity index (χ0n) is 19.2. The first-order valence-electron chi connectivity index (χ1n) is 11.2. The second-order valence-electron chi connectivity index (χ2n) is 8.14. The van der Waals surface area contributed by atoms with E-state index in [2.05, 4.69) is 10.6 Å². The summed E-state index contributed by atoms with van der Waals surface area (Å²) in [6.07, 6.45) is 0.705. The Bertz CT molecular complexity index is 1130. The fraction of sp³-hybridized carbons (Fsp3) is 0.259. The molecular formula is C27H28N2O5. The van der Waals surface area contributed by atoms with Crippen LogP contribution in [-0.4, -0.2) is 38.1 Å². The standard InChI is InChI=1S/C27H28N2O5/c1-28-22-14-18-8-11-21(12-9-18)34-25-16-20(10-13-24(25)32-2)15-23(29-26(22)30)27(31)33-17-19-6-4-3-5-7-19/h3-13,16,22-23,28H,14-15,17H2,1-2H3,(H,29,30)/t22-,23?/m0/s1. The number of hydrogen-bond acceptors (Lipinski definition) is 6. The summed E-state index contributed by atoms with van der Waals surface area (Å²) < 4.78 is 17.1. The SMILES string of the molecule is CN[C@H]1Cc2ccc(cc2)Oc2cc(ccc2OC)CC(C(=O)OCc2ccccc2)NC1=O. The van der Waals surface area contributed by atoms with Crippen molar-refractivity contribution in [3.05, 3.63) is 89.5 Å². The van der Waals surface area contributed by atoms with Gasteiger partial charge in [-0.2, -0.15) is 0 Å². The summed E-state index contributed by atoms with van der Waals surface area (Å²) >= 11 is 0. The van der Waals surface area contributed by atoms with Crippen LogP contribution in [0.5, 0.6) is 17.2 Å². The quantitative estimate of drug-likeness (QED) is 0.568. The monoisotopic (exact) mass is 460 g/mol. The molecule has 5 rings (SSSR count). The number of likely N-dealkylation sites (N-methyl/N-ethyl adjacent to an activating group) is 1. The summed E-state index contributed by atoms with van der Waals surface area (Å²) in [5.74, 6) is 0.986. The molecule has 7 nitrogen and oxygen atoms in total. The Balaban J connectivity index is 1.64. The van der Waals surface area contributed by atoms with E-state index in [-0.39, 0.29) is 18.9 Å². The number of nitrogens with one attached hydrogen (secondary N) is 2. The lowest BCUT2D eigenvalue weighted by molar-refractivity contribution is -0.149. The summed E-state index contributed by atoms with van der Waals surface area (Å²) in [5, 5.41) is 5.93. The predicted molar refractivity (Wildman–Crippen MR) is 128 cm³/mol. The molecule has 4 bridgehead atoms. The molecule has 0 aromatic heterocycles. The number of fused-ring (bicyclic) bond motifs is 7. The van der Waals surface area contributed by atoms with Gasteiger partial charge in [-0.05, 0) is 54.4 Å². The molecule has 2 atom stereocenters. The molecule has 7 heteroatoms. The number of ether oxygens (including phenoxy) is 3. The number of hydrogen-bond donors (Lipinski definition) is 2. The van der Waals surface area contributed by atoms with Gasteiger partial charge in [0, 0.05) is 6.42 Å². The Hall–Kier alpha value is -3.84. The van der Waals surface area contributed by atoms with E-state index in [0.29, 0.717) is 23.7 Å². The van der Waals surface area contributed by atoms with Crippen molar-refractivity contribution in [1.82, 2.24) is 10.6 Å². The lowest BCUT2D eigenvalue weighted by atomic mass is 10.0. The van der Waals surface area contributed by atoms with Crippen molar-refractivity contribution < 1.29 is 23.8 Å². The number of amides is 1. The molecule has 2 aliphatic rings. The third-order valence-corrected chi connectivity index (χ3v) is 5.75. The van der Waals surface area contributed by atoms with E-state index in [9.17, 15) is 9.59 Å². The molecule has 2 N–H and O–H groups in total. The van der Waals surface area contributed by atoms with E-state index in [1.807, 2.05) is 66.7 Å². The van der Waals surface area contributed by atoms with Crippen molar-refractivity contribution in [1.29, 1.82) is 0 Å². The highest BCUT2D eigenvalue weighted by atomic mass is 16.5. The number of benzene rings is 3. The molecule has 2 aliphatic heterocycles. The molecule has 3 aromatic carbocycles. The Morgan fingerprint density at radius 3 is 2.47 bits per heavy atom. The Labute approximate surface area is 199 Å². The molecule has 2 heterocycles. The van der Waals surface area contributed by atoms with Gasteiger partial charge in [-0.15, -0.1) is 0 Å². The first-order chi connectivity index (χ1) is 16.6. The molecule has 1 amide bonds. The second kappa shape index (κ2) is 10.9. The first kappa shape index (κ1) is 23.3. The van der Waals surface area contributed by atoms with Gasteiger partial charge >= 0.3 is 5.97 Å². The van der Waals surface area contributed by atoms with E-state index < -0.39 is 18.1 Å². The summed E-state index contributed by atoms with van der Waals surface area (Å²) in [4.78, 5) is 26.2. The highest BCUT2D eigenvalue weighted by Gasteiger charge is 2.27. The third-order valence-electron chi connectivity index (χ3n) is 5.75. The predicted octanol–water partition coefficient (Wildman–Crippen LogP) is 3.40. The average molecular weight is 461 g/mol. The fourth-order valence-electron chi connectivity index (χ4n) is 3.84. The molecule has 0 saturated carbocycles. The van der Waals surface area contributed by atoms with Crippen molar-refractivity contribution in [3.63, 3.8) is 0 Å². The topological polar surface area (TPSA) is 85.9 Å². The van der Waals surface area contributed by atoms with Gasteiger partial charge in [-0.1, -0.05) is 48.5 Å². The van der Waals surface area contributed by atoms with E-state index in [1.165, 1.54) is 0 Å². The Morgan fingerprint density at radius 1 is 1.03 bits per heavy atom. The van der Waals surface area contributed by atoms with Crippen molar-refractivity contribution >= 4 is 11.9 Å². The minimum atomic E-state index is -0.864. The van der Waals surface area contributed by atoms with E-state index in [0.717, 1.165) is 16.7 Å². The molecule has 3 aromatic rings. The van der Waals surface area contributed by atoms with Gasteiger partial charge in [-0.25, -0.2) is 4.79 Å². The van der Waals surface area contributed by atoms with Crippen molar-refractivity contribution in [3.8, 4) is 17.2 Å². The lowest BCUT2D eigenvalue weighted by Gasteiger charge is -2.23. The second-order valence-corrected chi connectivity index (χ2v) is 8.14. The van der Waals surface area contributed by atoms with Crippen LogP contribution in [0.4, 0.5) is 0 Å². The molecule has 176 valence electrons. The van der Waals surface area contributed by atoms with Crippen molar-refractivity contribution in [2.45, 2.75) is 31.5 Å². The fourth-order valence-corrected chi connectivity index (χ4v) is 3.84. The third kappa shape index (κ3) is 5.74. The summed E-state index contributed by atoms with van der Waals surface area (Å²) in [7, 11) is 3.30. The van der Waals surface area contributed by atoms with Crippen LogP contribution in [-0.2, 0) is 33.8 Å². The van der Waals surface area contributed by atoms with Crippen LogP contribution in [0.1, 0.15) is 16.7 Å². The molecule has 0 fully saturated rings. The van der Waals surface area contributed by atoms with Crippen LogP contribution in [0, 0.1) is 0 Å². The zero-order chi connectivity index (χ0) is 23.9. The first-order valence-corrected chi connectivity index (χ1v) is 11.2. The van der Waals surface area contributed by atoms with E-state index >= 15 is 0 Å². The number of rotatable bonds is 5. The molecule has 0 saturated heterocycles. The van der Waals surface area contributed by atoms with Gasteiger partial charge in [0.05, 0.1) is 13.2 Å².